The lowest BCUT2D eigenvalue weighted by atomic mass is 9.49. The van der Waals surface area contributed by atoms with Crippen LogP contribution >= 0.6 is 0 Å². The highest BCUT2D eigenvalue weighted by Gasteiger charge is 2.66. The van der Waals surface area contributed by atoms with Crippen molar-refractivity contribution in [2.75, 3.05) is 4.90 Å². The third-order valence-corrected chi connectivity index (χ3v) is 6.61. The Morgan fingerprint density at radius 3 is 2.62 bits per heavy atom. The zero-order chi connectivity index (χ0) is 14.2. The molecule has 0 amide bonds. The number of aryl methyl sites for hydroxylation is 1. The molecule has 3 fully saturated rings. The Bertz CT molecular complexity index is 721. The summed E-state index contributed by atoms with van der Waals surface area (Å²) in [6.45, 7) is 4.65. The topological polar surface area (TPSA) is 16.4 Å². The molecule has 2 bridgehead atoms. The van der Waals surface area contributed by atoms with Gasteiger partial charge >= 0.3 is 0 Å². The van der Waals surface area contributed by atoms with Crippen LogP contribution in [0.5, 0.6) is 0 Å². The molecule has 0 spiro atoms. The standard InChI is InChI=1S/C19H21NO/c1-13-5-3-4-6-16(13)20-14(2)18-8-10-19(20,11-9-18)15-7-12-21-17(15)18/h3-7,12,14H,8-11H2,1-2H3. The van der Waals surface area contributed by atoms with Crippen molar-refractivity contribution >= 4 is 5.69 Å². The molecule has 2 saturated heterocycles. The van der Waals surface area contributed by atoms with Gasteiger partial charge in [-0.05, 0) is 57.2 Å². The Labute approximate surface area is 125 Å². The van der Waals surface area contributed by atoms with Crippen LogP contribution in [-0.2, 0) is 11.0 Å². The second-order valence-electron chi connectivity index (χ2n) is 7.18. The van der Waals surface area contributed by atoms with E-state index in [-0.39, 0.29) is 11.0 Å². The highest BCUT2D eigenvalue weighted by atomic mass is 16.3. The van der Waals surface area contributed by atoms with E-state index in [2.05, 4.69) is 49.1 Å². The van der Waals surface area contributed by atoms with Gasteiger partial charge in [-0.3, -0.25) is 0 Å². The number of piperidine rings is 2. The summed E-state index contributed by atoms with van der Waals surface area (Å²) in [6, 6.07) is 11.6. The normalized spacial score (nSPS) is 36.1. The van der Waals surface area contributed by atoms with Crippen molar-refractivity contribution in [3.8, 4) is 0 Å². The Morgan fingerprint density at radius 2 is 1.86 bits per heavy atom. The number of benzene rings is 1. The molecule has 1 unspecified atom stereocenters. The molecule has 0 N–H and O–H groups in total. The van der Waals surface area contributed by atoms with Crippen molar-refractivity contribution in [2.24, 2.45) is 0 Å². The summed E-state index contributed by atoms with van der Waals surface area (Å²) in [5, 5.41) is 0. The van der Waals surface area contributed by atoms with Gasteiger partial charge in [0.15, 0.2) is 0 Å². The predicted molar refractivity (Wildman–Crippen MR) is 83.7 cm³/mol. The van der Waals surface area contributed by atoms with Crippen molar-refractivity contribution in [3.63, 3.8) is 0 Å². The quantitative estimate of drug-likeness (QED) is 0.763. The highest BCUT2D eigenvalue weighted by molar-refractivity contribution is 5.64. The summed E-state index contributed by atoms with van der Waals surface area (Å²) in [7, 11) is 0. The highest BCUT2D eigenvalue weighted by Crippen LogP contribution is 2.66. The first-order valence-electron chi connectivity index (χ1n) is 8.12. The van der Waals surface area contributed by atoms with Crippen LogP contribution in [0.15, 0.2) is 41.0 Å². The van der Waals surface area contributed by atoms with Crippen LogP contribution in [0.1, 0.15) is 49.5 Å². The molecule has 0 radical (unpaired) electrons. The summed E-state index contributed by atoms with van der Waals surface area (Å²) >= 11 is 0. The van der Waals surface area contributed by atoms with Crippen LogP contribution in [0.25, 0.3) is 0 Å². The Hall–Kier alpha value is -1.70. The van der Waals surface area contributed by atoms with E-state index in [1.165, 1.54) is 48.3 Å². The molecule has 2 aromatic rings. The third kappa shape index (κ3) is 1.14. The summed E-state index contributed by atoms with van der Waals surface area (Å²) in [6.07, 6.45) is 7.05. The van der Waals surface area contributed by atoms with Gasteiger partial charge in [-0.2, -0.15) is 0 Å². The van der Waals surface area contributed by atoms with Gasteiger partial charge < -0.3 is 9.32 Å². The molecule has 1 aromatic heterocycles. The molecular weight excluding hydrogens is 258 g/mol. The second-order valence-corrected chi connectivity index (χ2v) is 7.18. The number of para-hydroxylation sites is 1. The van der Waals surface area contributed by atoms with E-state index in [1.54, 1.807) is 0 Å². The zero-order valence-electron chi connectivity index (χ0n) is 12.7. The fraction of sp³-hybridized carbons (Fsp3) is 0.474. The number of hydrogen-bond acceptors (Lipinski definition) is 2. The van der Waals surface area contributed by atoms with E-state index in [1.807, 2.05) is 6.26 Å². The minimum Gasteiger partial charge on any atom is -0.468 e. The lowest BCUT2D eigenvalue weighted by Crippen LogP contribution is -2.71. The molecule has 108 valence electrons. The maximum atomic E-state index is 5.97. The Balaban J connectivity index is 1.80. The Kier molecular flexibility index (Phi) is 2.01. The molecule has 4 heterocycles. The maximum absolute atomic E-state index is 5.97. The molecule has 8 rings (SSSR count). The van der Waals surface area contributed by atoms with E-state index in [4.69, 9.17) is 4.42 Å². The minimum atomic E-state index is 0.174. The monoisotopic (exact) mass is 279 g/mol. The van der Waals surface area contributed by atoms with Crippen LogP contribution in [-0.4, -0.2) is 6.04 Å². The largest absolute Gasteiger partial charge is 0.468 e. The van der Waals surface area contributed by atoms with Gasteiger partial charge in [0, 0.05) is 22.7 Å². The second kappa shape index (κ2) is 3.55. The van der Waals surface area contributed by atoms with Gasteiger partial charge in [-0.15, -0.1) is 0 Å². The van der Waals surface area contributed by atoms with Crippen molar-refractivity contribution in [1.29, 1.82) is 0 Å². The van der Waals surface area contributed by atoms with E-state index in [0.717, 1.165) is 0 Å². The molecule has 3 aliphatic heterocycles. The van der Waals surface area contributed by atoms with Crippen LogP contribution in [0.4, 0.5) is 5.69 Å². The van der Waals surface area contributed by atoms with E-state index < -0.39 is 0 Å². The number of nitrogens with zero attached hydrogens (tertiary/aromatic N) is 1. The fourth-order valence-electron chi connectivity index (χ4n) is 5.54. The first-order chi connectivity index (χ1) is 10.2. The average Bonchev–Trinajstić information content (AvgIpc) is 3.02. The lowest BCUT2D eigenvalue weighted by Gasteiger charge is -2.68. The van der Waals surface area contributed by atoms with Crippen molar-refractivity contribution in [3.05, 3.63) is 53.5 Å². The summed E-state index contributed by atoms with van der Waals surface area (Å²) in [5.74, 6) is 1.30. The van der Waals surface area contributed by atoms with Gasteiger partial charge in [-0.25, -0.2) is 0 Å². The van der Waals surface area contributed by atoms with Crippen LogP contribution < -0.4 is 4.90 Å². The molecule has 21 heavy (non-hydrogen) atoms. The molecule has 3 aliphatic carbocycles. The van der Waals surface area contributed by atoms with E-state index in [0.29, 0.717) is 6.04 Å². The fourth-order valence-corrected chi connectivity index (χ4v) is 5.54. The lowest BCUT2D eigenvalue weighted by molar-refractivity contribution is 0.0365. The van der Waals surface area contributed by atoms with Gasteiger partial charge in [-0.1, -0.05) is 18.2 Å². The number of rotatable bonds is 1. The molecule has 1 saturated carbocycles. The SMILES string of the molecule is Cc1ccccc1N1C(C)C23CCC1(CC2)c1ccoc13. The van der Waals surface area contributed by atoms with Gasteiger partial charge in [0.25, 0.3) is 0 Å². The summed E-state index contributed by atoms with van der Waals surface area (Å²) in [5.41, 5.74) is 4.69. The molecule has 1 aromatic carbocycles. The van der Waals surface area contributed by atoms with Gasteiger partial charge in [0.1, 0.15) is 5.76 Å². The maximum Gasteiger partial charge on any atom is 0.117 e. The molecule has 1 atom stereocenters. The first kappa shape index (κ1) is 11.9. The number of furan rings is 1. The number of hydrogen-bond donors (Lipinski definition) is 0. The van der Waals surface area contributed by atoms with Gasteiger partial charge in [0.2, 0.25) is 0 Å². The summed E-state index contributed by atoms with van der Waals surface area (Å²) < 4.78 is 5.97. The van der Waals surface area contributed by atoms with E-state index >= 15 is 0 Å². The molecule has 2 heteroatoms. The molecular formula is C19H21NO. The molecule has 6 aliphatic rings. The third-order valence-electron chi connectivity index (χ3n) is 6.61. The smallest absolute Gasteiger partial charge is 0.117 e. The predicted octanol–water partition coefficient (Wildman–Crippen LogP) is 4.52. The van der Waals surface area contributed by atoms with Crippen LogP contribution in [0.3, 0.4) is 0 Å². The van der Waals surface area contributed by atoms with E-state index in [9.17, 15) is 0 Å². The van der Waals surface area contributed by atoms with Gasteiger partial charge in [0.05, 0.1) is 11.8 Å². The summed E-state index contributed by atoms with van der Waals surface area (Å²) in [4.78, 5) is 2.73. The van der Waals surface area contributed by atoms with Crippen molar-refractivity contribution in [1.82, 2.24) is 0 Å². The van der Waals surface area contributed by atoms with Crippen molar-refractivity contribution < 1.29 is 4.42 Å². The zero-order valence-corrected chi connectivity index (χ0v) is 12.7. The minimum absolute atomic E-state index is 0.174. The first-order valence-corrected chi connectivity index (χ1v) is 8.12. The number of anilines is 1. The average molecular weight is 279 g/mol. The van der Waals surface area contributed by atoms with Crippen molar-refractivity contribution in [2.45, 2.75) is 56.5 Å². The van der Waals surface area contributed by atoms with Crippen LogP contribution in [0.2, 0.25) is 0 Å². The van der Waals surface area contributed by atoms with Crippen LogP contribution in [0, 0.1) is 6.92 Å². The Morgan fingerprint density at radius 1 is 1.10 bits per heavy atom. The molecule has 2 nitrogen and oxygen atoms in total.